The van der Waals surface area contributed by atoms with Gasteiger partial charge >= 0.3 is 0 Å². The van der Waals surface area contributed by atoms with Gasteiger partial charge in [0.25, 0.3) is 5.91 Å². The van der Waals surface area contributed by atoms with E-state index in [1.165, 1.54) is 0 Å². The maximum Gasteiger partial charge on any atom is 0.259 e. The van der Waals surface area contributed by atoms with Crippen molar-refractivity contribution in [1.29, 1.82) is 0 Å². The third kappa shape index (κ3) is 4.60. The lowest BCUT2D eigenvalue weighted by atomic mass is 9.79. The van der Waals surface area contributed by atoms with Gasteiger partial charge in [-0.15, -0.1) is 0 Å². The predicted octanol–water partition coefficient (Wildman–Crippen LogP) is 4.74. The molecule has 0 saturated carbocycles. The summed E-state index contributed by atoms with van der Waals surface area (Å²) in [5, 5.41) is 3.11. The number of carbonyl (C=O) groups is 2. The molecule has 6 heteroatoms. The van der Waals surface area contributed by atoms with Crippen molar-refractivity contribution in [2.45, 2.75) is 32.2 Å². The molecule has 3 aromatic rings. The Morgan fingerprint density at radius 3 is 2.52 bits per heavy atom. The van der Waals surface area contributed by atoms with Crippen LogP contribution in [-0.2, 0) is 4.79 Å². The van der Waals surface area contributed by atoms with Gasteiger partial charge in [0, 0.05) is 30.2 Å². The first-order valence-electron chi connectivity index (χ1n) is 11.3. The lowest BCUT2D eigenvalue weighted by Crippen LogP contribution is -2.47. The lowest BCUT2D eigenvalue weighted by molar-refractivity contribution is -0.123. The number of aromatic nitrogens is 1. The molecule has 1 N–H and O–H groups in total. The summed E-state index contributed by atoms with van der Waals surface area (Å²) >= 11 is 0. The normalized spacial score (nSPS) is 17.6. The minimum absolute atomic E-state index is 0.0945. The average Bonchev–Trinajstić information content (AvgIpc) is 2.84. The minimum Gasteiger partial charge on any atom is -0.497 e. The largest absolute Gasteiger partial charge is 0.497 e. The third-order valence-corrected chi connectivity index (χ3v) is 6.02. The Hall–Kier alpha value is -3.67. The highest BCUT2D eigenvalue weighted by Gasteiger charge is 2.44. The number of benzene rings is 2. The zero-order chi connectivity index (χ0) is 23.4. The van der Waals surface area contributed by atoms with Gasteiger partial charge in [-0.2, -0.15) is 0 Å². The Balaban J connectivity index is 1.85. The number of amides is 2. The quantitative estimate of drug-likeness (QED) is 0.573. The third-order valence-electron chi connectivity index (χ3n) is 6.02. The van der Waals surface area contributed by atoms with E-state index >= 15 is 0 Å². The highest BCUT2D eigenvalue weighted by atomic mass is 16.5. The molecular weight excluding hydrogens is 414 g/mol. The summed E-state index contributed by atoms with van der Waals surface area (Å²) in [5.74, 6) is 0.371. The van der Waals surface area contributed by atoms with E-state index in [1.807, 2.05) is 54.6 Å². The molecule has 0 aliphatic carbocycles. The summed E-state index contributed by atoms with van der Waals surface area (Å²) in [7, 11) is 1.60. The summed E-state index contributed by atoms with van der Waals surface area (Å²) in [6, 6.07) is 17.9. The zero-order valence-corrected chi connectivity index (χ0v) is 19.2. The van der Waals surface area contributed by atoms with Crippen LogP contribution >= 0.6 is 0 Å². The van der Waals surface area contributed by atoms with Crippen LogP contribution in [0.5, 0.6) is 5.75 Å². The Labute approximate surface area is 194 Å². The summed E-state index contributed by atoms with van der Waals surface area (Å²) in [5.41, 5.74) is 2.78. The standard InChI is InChI=1S/C27H29N3O3/c1-18(2)14-16-29-26(31)24-22-8-4-5-9-23(22)27(32)30(20-10-12-21(33-3)13-11-20)25(24)19-7-6-15-28-17-19/h4-13,15,17-18,24-25H,14,16H2,1-3H3,(H,29,31)/t24-,25-/m0/s1. The molecule has 0 spiro atoms. The van der Waals surface area contributed by atoms with Crippen molar-refractivity contribution in [3.05, 3.63) is 89.7 Å². The van der Waals surface area contributed by atoms with Crippen molar-refractivity contribution >= 4 is 17.5 Å². The molecule has 4 rings (SSSR count). The van der Waals surface area contributed by atoms with Gasteiger partial charge in [-0.1, -0.05) is 38.1 Å². The fourth-order valence-electron chi connectivity index (χ4n) is 4.33. The Kier molecular flexibility index (Phi) is 6.73. The molecule has 0 bridgehead atoms. The van der Waals surface area contributed by atoms with Gasteiger partial charge in [-0.25, -0.2) is 0 Å². The number of anilines is 1. The number of pyridine rings is 1. The molecule has 33 heavy (non-hydrogen) atoms. The van der Waals surface area contributed by atoms with Crippen LogP contribution in [0.1, 0.15) is 53.7 Å². The number of rotatable bonds is 7. The van der Waals surface area contributed by atoms with Crippen LogP contribution in [0.15, 0.2) is 73.1 Å². The highest BCUT2D eigenvalue weighted by Crippen LogP contribution is 2.45. The first-order valence-corrected chi connectivity index (χ1v) is 11.3. The number of fused-ring (bicyclic) bond motifs is 1. The molecule has 2 amide bonds. The summed E-state index contributed by atoms with van der Waals surface area (Å²) < 4.78 is 5.30. The Bertz CT molecular complexity index is 1110. The minimum atomic E-state index is -0.572. The molecule has 1 aromatic heterocycles. The summed E-state index contributed by atoms with van der Waals surface area (Å²) in [6.45, 7) is 4.85. The fourth-order valence-corrected chi connectivity index (χ4v) is 4.33. The first-order chi connectivity index (χ1) is 16.0. The van der Waals surface area contributed by atoms with Crippen molar-refractivity contribution in [2.24, 2.45) is 5.92 Å². The van der Waals surface area contributed by atoms with Crippen LogP contribution in [-0.4, -0.2) is 30.5 Å². The van der Waals surface area contributed by atoms with E-state index in [9.17, 15) is 9.59 Å². The van der Waals surface area contributed by atoms with Gasteiger partial charge < -0.3 is 10.1 Å². The van der Waals surface area contributed by atoms with Gasteiger partial charge in [0.2, 0.25) is 5.91 Å². The molecule has 0 radical (unpaired) electrons. The second-order valence-corrected chi connectivity index (χ2v) is 8.64. The number of ether oxygens (including phenoxy) is 1. The smallest absolute Gasteiger partial charge is 0.259 e. The second-order valence-electron chi connectivity index (χ2n) is 8.64. The van der Waals surface area contributed by atoms with Crippen molar-refractivity contribution < 1.29 is 14.3 Å². The predicted molar refractivity (Wildman–Crippen MR) is 128 cm³/mol. The first kappa shape index (κ1) is 22.5. The van der Waals surface area contributed by atoms with Crippen molar-refractivity contribution in [3.63, 3.8) is 0 Å². The SMILES string of the molecule is COc1ccc(N2C(=O)c3ccccc3[C@H](C(=O)NCCC(C)C)[C@@H]2c2cccnc2)cc1. The van der Waals surface area contributed by atoms with E-state index in [0.29, 0.717) is 29.5 Å². The zero-order valence-electron chi connectivity index (χ0n) is 19.2. The van der Waals surface area contributed by atoms with Crippen LogP contribution in [0.25, 0.3) is 0 Å². The summed E-state index contributed by atoms with van der Waals surface area (Å²) in [6.07, 6.45) is 4.31. The van der Waals surface area contributed by atoms with E-state index < -0.39 is 12.0 Å². The van der Waals surface area contributed by atoms with E-state index in [4.69, 9.17) is 4.74 Å². The molecule has 170 valence electrons. The van der Waals surface area contributed by atoms with Gasteiger partial charge in [0.05, 0.1) is 19.1 Å². The average molecular weight is 444 g/mol. The highest BCUT2D eigenvalue weighted by molar-refractivity contribution is 6.11. The van der Waals surface area contributed by atoms with Crippen molar-refractivity contribution in [3.8, 4) is 5.75 Å². The second kappa shape index (κ2) is 9.86. The van der Waals surface area contributed by atoms with Crippen LogP contribution in [0.2, 0.25) is 0 Å². The molecule has 0 fully saturated rings. The number of carbonyl (C=O) groups excluding carboxylic acids is 2. The molecule has 1 aliphatic heterocycles. The molecular formula is C27H29N3O3. The van der Waals surface area contributed by atoms with Crippen molar-refractivity contribution in [2.75, 3.05) is 18.6 Å². The molecule has 2 atom stereocenters. The van der Waals surface area contributed by atoms with Crippen LogP contribution < -0.4 is 15.0 Å². The number of nitrogens with one attached hydrogen (secondary N) is 1. The van der Waals surface area contributed by atoms with Crippen LogP contribution in [0.3, 0.4) is 0 Å². The van der Waals surface area contributed by atoms with E-state index in [2.05, 4.69) is 24.1 Å². The van der Waals surface area contributed by atoms with Crippen LogP contribution in [0.4, 0.5) is 5.69 Å². The Morgan fingerprint density at radius 2 is 1.85 bits per heavy atom. The van der Waals surface area contributed by atoms with E-state index in [1.54, 1.807) is 30.5 Å². The molecule has 2 aromatic carbocycles. The fraction of sp³-hybridized carbons (Fsp3) is 0.296. The molecule has 1 aliphatic rings. The monoisotopic (exact) mass is 443 g/mol. The lowest BCUT2D eigenvalue weighted by Gasteiger charge is -2.41. The molecule has 0 unspecified atom stereocenters. The van der Waals surface area contributed by atoms with E-state index in [0.717, 1.165) is 17.5 Å². The van der Waals surface area contributed by atoms with E-state index in [-0.39, 0.29) is 11.8 Å². The van der Waals surface area contributed by atoms with Crippen LogP contribution in [0, 0.1) is 5.92 Å². The number of hydrogen-bond donors (Lipinski definition) is 1. The molecule has 6 nitrogen and oxygen atoms in total. The summed E-state index contributed by atoms with van der Waals surface area (Å²) in [4.78, 5) is 33.4. The molecule has 2 heterocycles. The van der Waals surface area contributed by atoms with Crippen molar-refractivity contribution in [1.82, 2.24) is 10.3 Å². The van der Waals surface area contributed by atoms with Gasteiger partial charge in [0.1, 0.15) is 5.75 Å². The van der Waals surface area contributed by atoms with Gasteiger partial charge in [0.15, 0.2) is 0 Å². The maximum absolute atomic E-state index is 13.8. The van der Waals surface area contributed by atoms with Gasteiger partial charge in [-0.3, -0.25) is 19.5 Å². The maximum atomic E-state index is 13.8. The number of hydrogen-bond acceptors (Lipinski definition) is 4. The topological polar surface area (TPSA) is 71.5 Å². The Morgan fingerprint density at radius 1 is 1.09 bits per heavy atom. The molecule has 0 saturated heterocycles. The number of methoxy groups -OCH3 is 1. The van der Waals surface area contributed by atoms with Gasteiger partial charge in [-0.05, 0) is 59.9 Å². The number of nitrogens with zero attached hydrogens (tertiary/aromatic N) is 2.